The molecule has 1 fully saturated rings. The Morgan fingerprint density at radius 3 is 2.73 bits per heavy atom. The number of aromatic nitrogens is 1. The summed E-state index contributed by atoms with van der Waals surface area (Å²) in [6, 6.07) is 1.96. The van der Waals surface area contributed by atoms with Crippen LogP contribution in [0.4, 0.5) is 5.69 Å². The third kappa shape index (κ3) is 3.19. The van der Waals surface area contributed by atoms with E-state index in [1.807, 2.05) is 11.8 Å². The molecule has 26 heavy (non-hydrogen) atoms. The lowest BCUT2D eigenvalue weighted by atomic mass is 9.87. The molecule has 144 valence electrons. The highest BCUT2D eigenvalue weighted by Crippen LogP contribution is 2.39. The first kappa shape index (κ1) is 19.1. The molecule has 2 aliphatic rings. The molecule has 0 aromatic carbocycles. The van der Waals surface area contributed by atoms with Crippen LogP contribution in [0.3, 0.4) is 0 Å². The molecule has 1 saturated heterocycles. The van der Waals surface area contributed by atoms with E-state index >= 15 is 0 Å². The van der Waals surface area contributed by atoms with Gasteiger partial charge in [-0.15, -0.1) is 0 Å². The summed E-state index contributed by atoms with van der Waals surface area (Å²) in [5, 5.41) is 3.41. The smallest absolute Gasteiger partial charge is 0.250 e. The molecule has 3 rings (SSSR count). The van der Waals surface area contributed by atoms with Crippen LogP contribution in [0.5, 0.6) is 0 Å². The van der Waals surface area contributed by atoms with Gasteiger partial charge in [-0.1, -0.05) is 13.8 Å². The van der Waals surface area contributed by atoms with Gasteiger partial charge in [0.15, 0.2) is 0 Å². The van der Waals surface area contributed by atoms with Crippen LogP contribution in [0.1, 0.15) is 33.3 Å². The molecule has 2 atom stereocenters. The van der Waals surface area contributed by atoms with E-state index in [1.165, 1.54) is 4.57 Å². The van der Waals surface area contributed by atoms with Crippen molar-refractivity contribution in [1.82, 2.24) is 14.8 Å². The van der Waals surface area contributed by atoms with E-state index in [4.69, 9.17) is 4.74 Å². The van der Waals surface area contributed by atoms with E-state index < -0.39 is 5.72 Å². The van der Waals surface area contributed by atoms with E-state index in [1.54, 1.807) is 26.4 Å². The lowest BCUT2D eigenvalue weighted by molar-refractivity contribution is -0.150. The number of amides is 1. The van der Waals surface area contributed by atoms with Crippen LogP contribution in [0, 0.1) is 0 Å². The second kappa shape index (κ2) is 6.48. The quantitative estimate of drug-likeness (QED) is 0.856. The normalized spacial score (nSPS) is 28.2. The summed E-state index contributed by atoms with van der Waals surface area (Å²) < 4.78 is 7.23. The van der Waals surface area contributed by atoms with E-state index in [-0.39, 0.29) is 23.4 Å². The minimum Gasteiger partial charge on any atom is -0.363 e. The van der Waals surface area contributed by atoms with Crippen LogP contribution in [0.15, 0.2) is 17.1 Å². The van der Waals surface area contributed by atoms with Crippen LogP contribution in [-0.4, -0.2) is 60.4 Å². The van der Waals surface area contributed by atoms with Gasteiger partial charge in [-0.3, -0.25) is 14.5 Å². The van der Waals surface area contributed by atoms with Crippen molar-refractivity contribution in [2.75, 3.05) is 38.2 Å². The summed E-state index contributed by atoms with van der Waals surface area (Å²) in [4.78, 5) is 29.2. The lowest BCUT2D eigenvalue weighted by Gasteiger charge is -2.46. The molecular formula is C19H30N4O3. The van der Waals surface area contributed by atoms with Crippen LogP contribution in [0.2, 0.25) is 0 Å². The fourth-order valence-corrected chi connectivity index (χ4v) is 3.91. The predicted molar refractivity (Wildman–Crippen MR) is 102 cm³/mol. The number of carbonyl (C=O) groups is 1. The first-order valence-corrected chi connectivity index (χ1v) is 9.12. The van der Waals surface area contributed by atoms with Crippen molar-refractivity contribution >= 4 is 11.6 Å². The Labute approximate surface area is 154 Å². The Kier molecular flexibility index (Phi) is 4.75. The number of ether oxygens (including phenoxy) is 1. The van der Waals surface area contributed by atoms with E-state index in [0.717, 1.165) is 17.8 Å². The minimum atomic E-state index is -0.510. The van der Waals surface area contributed by atoms with Crippen LogP contribution < -0.4 is 15.8 Å². The van der Waals surface area contributed by atoms with Gasteiger partial charge in [-0.05, 0) is 19.4 Å². The first-order valence-electron chi connectivity index (χ1n) is 9.12. The number of nitrogens with one attached hydrogen (secondary N) is 1. The van der Waals surface area contributed by atoms with Gasteiger partial charge in [0, 0.05) is 57.5 Å². The Morgan fingerprint density at radius 1 is 1.38 bits per heavy atom. The molecule has 3 heterocycles. The number of aryl methyl sites for hydroxylation is 1. The van der Waals surface area contributed by atoms with E-state index in [2.05, 4.69) is 31.0 Å². The lowest BCUT2D eigenvalue weighted by Crippen LogP contribution is -2.65. The molecule has 0 spiro atoms. The molecule has 0 bridgehead atoms. The van der Waals surface area contributed by atoms with Crippen molar-refractivity contribution in [3.05, 3.63) is 28.2 Å². The second-order valence-electron chi connectivity index (χ2n) is 8.43. The molecule has 1 aromatic heterocycles. The summed E-state index contributed by atoms with van der Waals surface area (Å²) in [7, 11) is 3.40. The van der Waals surface area contributed by atoms with Crippen molar-refractivity contribution in [2.24, 2.45) is 7.05 Å². The number of piperazine rings is 1. The maximum atomic E-state index is 13.2. The number of methoxy groups -OCH3 is 1. The van der Waals surface area contributed by atoms with E-state index in [9.17, 15) is 9.59 Å². The number of rotatable bonds is 3. The number of nitrogens with zero attached hydrogens (tertiary/aromatic N) is 3. The molecule has 7 nitrogen and oxygen atoms in total. The van der Waals surface area contributed by atoms with Crippen molar-refractivity contribution < 1.29 is 9.53 Å². The molecule has 2 aliphatic heterocycles. The average molecular weight is 362 g/mol. The minimum absolute atomic E-state index is 0.0350. The zero-order chi connectivity index (χ0) is 19.3. The predicted octanol–water partition coefficient (Wildman–Crippen LogP) is 0.666. The summed E-state index contributed by atoms with van der Waals surface area (Å²) in [5.41, 5.74) is 0.985. The van der Waals surface area contributed by atoms with Gasteiger partial charge in [-0.2, -0.15) is 0 Å². The topological polar surface area (TPSA) is 66.8 Å². The Balaban J connectivity index is 1.88. The third-order valence-electron chi connectivity index (χ3n) is 5.79. The van der Waals surface area contributed by atoms with Gasteiger partial charge in [0.1, 0.15) is 5.72 Å². The number of hydrogen-bond acceptors (Lipinski definition) is 5. The Morgan fingerprint density at radius 2 is 2.08 bits per heavy atom. The number of pyridine rings is 1. The maximum absolute atomic E-state index is 13.2. The van der Waals surface area contributed by atoms with Crippen LogP contribution in [0.25, 0.3) is 0 Å². The van der Waals surface area contributed by atoms with Crippen molar-refractivity contribution in [2.45, 2.75) is 44.9 Å². The van der Waals surface area contributed by atoms with Gasteiger partial charge in [0.25, 0.3) is 5.56 Å². The van der Waals surface area contributed by atoms with Crippen molar-refractivity contribution in [3.8, 4) is 0 Å². The van der Waals surface area contributed by atoms with Gasteiger partial charge < -0.3 is 19.5 Å². The zero-order valence-corrected chi connectivity index (χ0v) is 16.6. The van der Waals surface area contributed by atoms with Gasteiger partial charge >= 0.3 is 0 Å². The Bertz CT molecular complexity index is 773. The fraction of sp³-hybridized carbons (Fsp3) is 0.684. The van der Waals surface area contributed by atoms with Gasteiger partial charge in [0.2, 0.25) is 5.91 Å². The molecular weight excluding hydrogens is 332 g/mol. The monoisotopic (exact) mass is 362 g/mol. The first-order chi connectivity index (χ1) is 12.1. The Hall–Kier alpha value is -1.70. The standard InChI is InChI=1S/C19H30N4O3/c1-13-8-22(19(4,26-6)11-20-13)10-17(25)23-12-18(2,3)14-7-16(24)21(5)9-15(14)23/h7,9,13,20H,8,10-12H2,1-6H3/t13-,19-/m1/s1. The van der Waals surface area contributed by atoms with Crippen molar-refractivity contribution in [3.63, 3.8) is 0 Å². The molecule has 1 amide bonds. The summed E-state index contributed by atoms with van der Waals surface area (Å²) in [5.74, 6) is 0.0350. The van der Waals surface area contributed by atoms with Crippen LogP contribution in [-0.2, 0) is 22.0 Å². The fourth-order valence-electron chi connectivity index (χ4n) is 3.91. The number of hydrogen-bond donors (Lipinski definition) is 1. The number of anilines is 1. The molecule has 7 heteroatoms. The summed E-state index contributed by atoms with van der Waals surface area (Å²) >= 11 is 0. The second-order valence-corrected chi connectivity index (χ2v) is 8.43. The summed E-state index contributed by atoms with van der Waals surface area (Å²) in [6.45, 7) is 10.5. The molecule has 1 aromatic rings. The van der Waals surface area contributed by atoms with Gasteiger partial charge in [-0.25, -0.2) is 0 Å². The molecule has 0 saturated carbocycles. The van der Waals surface area contributed by atoms with Crippen LogP contribution >= 0.6 is 0 Å². The molecule has 1 N–H and O–H groups in total. The maximum Gasteiger partial charge on any atom is 0.250 e. The van der Waals surface area contributed by atoms with E-state index in [0.29, 0.717) is 19.1 Å². The SMILES string of the molecule is CO[C@]1(C)CN[C@H](C)CN1CC(=O)N1CC(C)(C)c2cc(=O)n(C)cc21. The molecule has 0 aliphatic carbocycles. The number of fused-ring (bicyclic) bond motifs is 1. The number of carbonyl (C=O) groups excluding carboxylic acids is 1. The van der Waals surface area contributed by atoms with Crippen molar-refractivity contribution in [1.29, 1.82) is 0 Å². The largest absolute Gasteiger partial charge is 0.363 e. The summed E-state index contributed by atoms with van der Waals surface area (Å²) in [6.07, 6.45) is 1.78. The average Bonchev–Trinajstić information content (AvgIpc) is 2.83. The molecule has 0 unspecified atom stereocenters. The third-order valence-corrected chi connectivity index (χ3v) is 5.79. The van der Waals surface area contributed by atoms with Gasteiger partial charge in [0.05, 0.1) is 12.2 Å². The highest BCUT2D eigenvalue weighted by atomic mass is 16.5. The highest BCUT2D eigenvalue weighted by molar-refractivity contribution is 5.97. The highest BCUT2D eigenvalue weighted by Gasteiger charge is 2.42. The zero-order valence-electron chi connectivity index (χ0n) is 16.6. The molecule has 0 radical (unpaired) electrons.